The fraction of sp³-hybridized carbons (Fsp3) is 0.562. The normalized spacial score (nSPS) is 21.9. The molecule has 2 atom stereocenters. The van der Waals surface area contributed by atoms with E-state index in [9.17, 15) is 9.18 Å². The second-order valence-corrected chi connectivity index (χ2v) is 5.60. The van der Waals surface area contributed by atoms with E-state index >= 15 is 0 Å². The van der Waals surface area contributed by atoms with Crippen LogP contribution in [-0.4, -0.2) is 19.0 Å². The monoisotopic (exact) mass is 278 g/mol. The van der Waals surface area contributed by atoms with Gasteiger partial charge in [0.1, 0.15) is 5.82 Å². The van der Waals surface area contributed by atoms with Gasteiger partial charge >= 0.3 is 0 Å². The first-order valence-corrected chi connectivity index (χ1v) is 7.41. The lowest BCUT2D eigenvalue weighted by molar-refractivity contribution is -0.123. The molecular formula is C16H23FN2O. The Morgan fingerprint density at radius 3 is 2.75 bits per heavy atom. The van der Waals surface area contributed by atoms with Gasteiger partial charge in [0.2, 0.25) is 5.91 Å². The molecule has 1 amide bonds. The average molecular weight is 278 g/mol. The van der Waals surface area contributed by atoms with Crippen LogP contribution in [0.25, 0.3) is 0 Å². The summed E-state index contributed by atoms with van der Waals surface area (Å²) in [6.45, 7) is 3.09. The SMILES string of the molecule is CC1CCCC1C(=O)N(CCCN)c1ccccc1F. The Morgan fingerprint density at radius 2 is 2.15 bits per heavy atom. The van der Waals surface area contributed by atoms with Gasteiger partial charge in [-0.1, -0.05) is 25.5 Å². The summed E-state index contributed by atoms with van der Waals surface area (Å²) in [6.07, 6.45) is 3.76. The minimum Gasteiger partial charge on any atom is -0.330 e. The van der Waals surface area contributed by atoms with Crippen LogP contribution in [0.15, 0.2) is 24.3 Å². The van der Waals surface area contributed by atoms with Crippen molar-refractivity contribution in [3.05, 3.63) is 30.1 Å². The summed E-state index contributed by atoms with van der Waals surface area (Å²) in [4.78, 5) is 14.3. The Morgan fingerprint density at radius 1 is 1.40 bits per heavy atom. The zero-order valence-corrected chi connectivity index (χ0v) is 12.0. The Bertz CT molecular complexity index is 464. The van der Waals surface area contributed by atoms with Gasteiger partial charge in [-0.05, 0) is 43.9 Å². The van der Waals surface area contributed by atoms with Gasteiger partial charge in [0.25, 0.3) is 0 Å². The summed E-state index contributed by atoms with van der Waals surface area (Å²) in [5.41, 5.74) is 5.92. The lowest BCUT2D eigenvalue weighted by Crippen LogP contribution is -2.39. The van der Waals surface area contributed by atoms with E-state index in [1.807, 2.05) is 0 Å². The van der Waals surface area contributed by atoms with E-state index in [0.717, 1.165) is 19.3 Å². The van der Waals surface area contributed by atoms with Gasteiger partial charge < -0.3 is 10.6 Å². The van der Waals surface area contributed by atoms with Crippen molar-refractivity contribution in [2.45, 2.75) is 32.6 Å². The highest BCUT2D eigenvalue weighted by atomic mass is 19.1. The number of carbonyl (C=O) groups excluding carboxylic acids is 1. The van der Waals surface area contributed by atoms with Gasteiger partial charge in [-0.2, -0.15) is 0 Å². The van der Waals surface area contributed by atoms with E-state index in [-0.39, 0.29) is 17.6 Å². The molecule has 0 aliphatic heterocycles. The van der Waals surface area contributed by atoms with Crippen LogP contribution >= 0.6 is 0 Å². The fourth-order valence-corrected chi connectivity index (χ4v) is 2.98. The quantitative estimate of drug-likeness (QED) is 0.900. The molecule has 20 heavy (non-hydrogen) atoms. The Hall–Kier alpha value is -1.42. The average Bonchev–Trinajstić information content (AvgIpc) is 2.87. The predicted octanol–water partition coefficient (Wildman–Crippen LogP) is 2.94. The molecule has 2 N–H and O–H groups in total. The molecule has 0 saturated heterocycles. The third-order valence-electron chi connectivity index (χ3n) is 4.17. The molecule has 0 heterocycles. The molecule has 1 aromatic carbocycles. The van der Waals surface area contributed by atoms with Crippen LogP contribution in [0.4, 0.5) is 10.1 Å². The van der Waals surface area contributed by atoms with Crippen LogP contribution in [0, 0.1) is 17.7 Å². The molecule has 0 bridgehead atoms. The van der Waals surface area contributed by atoms with Crippen LogP contribution in [0.2, 0.25) is 0 Å². The van der Waals surface area contributed by atoms with Gasteiger partial charge in [0, 0.05) is 12.5 Å². The van der Waals surface area contributed by atoms with Crippen molar-refractivity contribution >= 4 is 11.6 Å². The third-order valence-corrected chi connectivity index (χ3v) is 4.17. The Balaban J connectivity index is 2.23. The number of rotatable bonds is 5. The lowest BCUT2D eigenvalue weighted by Gasteiger charge is -2.27. The molecule has 0 radical (unpaired) electrons. The number of halogens is 1. The number of carbonyl (C=O) groups is 1. The van der Waals surface area contributed by atoms with Crippen LogP contribution in [0.3, 0.4) is 0 Å². The molecule has 1 aliphatic rings. The fourth-order valence-electron chi connectivity index (χ4n) is 2.98. The Kier molecular flexibility index (Phi) is 5.12. The van der Waals surface area contributed by atoms with E-state index in [1.54, 1.807) is 23.1 Å². The van der Waals surface area contributed by atoms with Gasteiger partial charge in [-0.3, -0.25) is 4.79 Å². The summed E-state index contributed by atoms with van der Waals surface area (Å²) in [7, 11) is 0. The number of nitrogens with zero attached hydrogens (tertiary/aromatic N) is 1. The summed E-state index contributed by atoms with van der Waals surface area (Å²) in [5.74, 6) is 0.110. The van der Waals surface area contributed by atoms with Crippen molar-refractivity contribution in [3.63, 3.8) is 0 Å². The number of nitrogens with two attached hydrogens (primary N) is 1. The molecule has 3 nitrogen and oxygen atoms in total. The number of para-hydroxylation sites is 1. The molecular weight excluding hydrogens is 255 g/mol. The standard InChI is InChI=1S/C16H23FN2O/c1-12-6-4-7-13(12)16(20)19(11-5-10-18)15-9-3-2-8-14(15)17/h2-3,8-9,12-13H,4-7,10-11,18H2,1H3. The van der Waals surface area contributed by atoms with Crippen molar-refractivity contribution in [2.75, 3.05) is 18.0 Å². The molecule has 1 aliphatic carbocycles. The van der Waals surface area contributed by atoms with Gasteiger partial charge in [0.15, 0.2) is 0 Å². The first kappa shape index (κ1) is 15.0. The minimum absolute atomic E-state index is 0.0207. The van der Waals surface area contributed by atoms with Crippen molar-refractivity contribution < 1.29 is 9.18 Å². The number of benzene rings is 1. The number of amides is 1. The highest BCUT2D eigenvalue weighted by Crippen LogP contribution is 2.34. The van der Waals surface area contributed by atoms with Crippen LogP contribution in [0.5, 0.6) is 0 Å². The van der Waals surface area contributed by atoms with E-state index < -0.39 is 0 Å². The number of hydrogen-bond acceptors (Lipinski definition) is 2. The predicted molar refractivity (Wildman–Crippen MR) is 78.9 cm³/mol. The lowest BCUT2D eigenvalue weighted by atomic mass is 9.96. The second-order valence-electron chi connectivity index (χ2n) is 5.60. The summed E-state index contributed by atoms with van der Waals surface area (Å²) in [5, 5.41) is 0. The van der Waals surface area contributed by atoms with Crippen molar-refractivity contribution in [2.24, 2.45) is 17.6 Å². The van der Waals surface area contributed by atoms with Crippen LogP contribution < -0.4 is 10.6 Å². The molecule has 2 rings (SSSR count). The molecule has 2 unspecified atom stereocenters. The first-order chi connectivity index (χ1) is 9.65. The van der Waals surface area contributed by atoms with Crippen LogP contribution in [0.1, 0.15) is 32.6 Å². The second kappa shape index (κ2) is 6.84. The van der Waals surface area contributed by atoms with Gasteiger partial charge in [0.05, 0.1) is 5.69 Å². The molecule has 1 aromatic rings. The van der Waals surface area contributed by atoms with Crippen molar-refractivity contribution in [3.8, 4) is 0 Å². The number of anilines is 1. The zero-order chi connectivity index (χ0) is 14.5. The van der Waals surface area contributed by atoms with Gasteiger partial charge in [-0.25, -0.2) is 4.39 Å². The van der Waals surface area contributed by atoms with E-state index in [4.69, 9.17) is 5.73 Å². The zero-order valence-electron chi connectivity index (χ0n) is 12.0. The summed E-state index contributed by atoms with van der Waals surface area (Å²) < 4.78 is 14.0. The largest absolute Gasteiger partial charge is 0.330 e. The van der Waals surface area contributed by atoms with E-state index in [0.29, 0.717) is 31.1 Å². The maximum Gasteiger partial charge on any atom is 0.230 e. The third kappa shape index (κ3) is 3.18. The van der Waals surface area contributed by atoms with Crippen molar-refractivity contribution in [1.29, 1.82) is 0 Å². The maximum absolute atomic E-state index is 14.0. The van der Waals surface area contributed by atoms with E-state index in [1.165, 1.54) is 6.07 Å². The molecule has 0 aromatic heterocycles. The maximum atomic E-state index is 14.0. The highest BCUT2D eigenvalue weighted by molar-refractivity contribution is 5.95. The number of hydrogen-bond donors (Lipinski definition) is 1. The Labute approximate surface area is 120 Å². The van der Waals surface area contributed by atoms with Crippen molar-refractivity contribution in [1.82, 2.24) is 0 Å². The van der Waals surface area contributed by atoms with E-state index in [2.05, 4.69) is 6.92 Å². The smallest absolute Gasteiger partial charge is 0.230 e. The molecule has 1 fully saturated rings. The molecule has 0 spiro atoms. The minimum atomic E-state index is -0.344. The first-order valence-electron chi connectivity index (χ1n) is 7.41. The van der Waals surface area contributed by atoms with Gasteiger partial charge in [-0.15, -0.1) is 0 Å². The summed E-state index contributed by atoms with van der Waals surface area (Å²) >= 11 is 0. The van der Waals surface area contributed by atoms with Crippen LogP contribution in [-0.2, 0) is 4.79 Å². The molecule has 110 valence electrons. The summed E-state index contributed by atoms with van der Waals surface area (Å²) in [6, 6.07) is 6.47. The molecule has 1 saturated carbocycles. The highest BCUT2D eigenvalue weighted by Gasteiger charge is 2.33. The molecule has 4 heteroatoms. The topological polar surface area (TPSA) is 46.3 Å².